The average molecular weight is 432 g/mol. The number of para-hydroxylation sites is 1. The van der Waals surface area contributed by atoms with Crippen LogP contribution in [0.4, 0.5) is 38.2 Å². The molecule has 3 rings (SSSR count). The van der Waals surface area contributed by atoms with E-state index < -0.39 is 41.8 Å². The van der Waals surface area contributed by atoms with Gasteiger partial charge in [0.1, 0.15) is 11.5 Å². The van der Waals surface area contributed by atoms with E-state index in [0.717, 1.165) is 12.1 Å². The number of nitrogen functional groups attached to an aromatic ring is 1. The summed E-state index contributed by atoms with van der Waals surface area (Å²) in [7, 11) is 0. The number of halogens is 6. The Bertz CT molecular complexity index is 1060. The van der Waals surface area contributed by atoms with Crippen LogP contribution in [0, 0.1) is 6.92 Å². The molecule has 0 fully saturated rings. The lowest BCUT2D eigenvalue weighted by atomic mass is 9.99. The van der Waals surface area contributed by atoms with Crippen molar-refractivity contribution in [1.82, 2.24) is 19.9 Å². The van der Waals surface area contributed by atoms with Crippen LogP contribution in [0.15, 0.2) is 24.3 Å². The Morgan fingerprint density at radius 3 is 2.33 bits per heavy atom. The highest BCUT2D eigenvalue weighted by Gasteiger charge is 2.38. The number of nitrogens with one attached hydrogen (secondary N) is 1. The van der Waals surface area contributed by atoms with Gasteiger partial charge in [-0.15, -0.1) is 0 Å². The zero-order valence-corrected chi connectivity index (χ0v) is 15.2. The number of hydrogen-bond donors (Lipinski definition) is 3. The summed E-state index contributed by atoms with van der Waals surface area (Å²) in [5.74, 6) is 0.0792. The van der Waals surface area contributed by atoms with Crippen molar-refractivity contribution in [3.63, 3.8) is 0 Å². The van der Waals surface area contributed by atoms with Crippen molar-refractivity contribution >= 4 is 22.8 Å². The summed E-state index contributed by atoms with van der Waals surface area (Å²) in [4.78, 5) is 14.6. The Hall–Kier alpha value is -3.22. The van der Waals surface area contributed by atoms with Crippen LogP contribution in [0.1, 0.15) is 28.7 Å². The number of aromatic nitrogens is 4. The highest BCUT2D eigenvalue weighted by molar-refractivity contribution is 5.86. The van der Waals surface area contributed by atoms with Crippen molar-refractivity contribution in [2.75, 3.05) is 17.6 Å². The number of benzene rings is 1. The molecule has 7 nitrogen and oxygen atoms in total. The second-order valence-corrected chi connectivity index (χ2v) is 6.26. The van der Waals surface area contributed by atoms with Gasteiger partial charge in [0.15, 0.2) is 0 Å². The molecular weight excluding hydrogens is 418 g/mol. The minimum atomic E-state index is -5.02. The lowest BCUT2D eigenvalue weighted by Crippen LogP contribution is -2.18. The first-order valence-electron chi connectivity index (χ1n) is 8.34. The van der Waals surface area contributed by atoms with Crippen LogP contribution in [0.5, 0.6) is 0 Å². The molecule has 30 heavy (non-hydrogen) atoms. The minimum Gasteiger partial charge on any atom is -0.387 e. The summed E-state index contributed by atoms with van der Waals surface area (Å²) in [6.45, 7) is 1.11. The number of aryl methyl sites for hydroxylation is 1. The number of hydrogen-bond acceptors (Lipinski definition) is 7. The van der Waals surface area contributed by atoms with Crippen molar-refractivity contribution in [3.8, 4) is 0 Å². The van der Waals surface area contributed by atoms with Crippen molar-refractivity contribution < 1.29 is 31.4 Å². The molecule has 0 aliphatic carbocycles. The van der Waals surface area contributed by atoms with E-state index in [1.807, 2.05) is 0 Å². The van der Waals surface area contributed by atoms with Crippen molar-refractivity contribution in [2.45, 2.75) is 25.4 Å². The van der Waals surface area contributed by atoms with Crippen LogP contribution in [0.2, 0.25) is 0 Å². The maximum atomic E-state index is 13.3. The van der Waals surface area contributed by atoms with Gasteiger partial charge in [-0.3, -0.25) is 0 Å². The van der Waals surface area contributed by atoms with Gasteiger partial charge in [-0.1, -0.05) is 12.1 Å². The lowest BCUT2D eigenvalue weighted by Gasteiger charge is -2.19. The van der Waals surface area contributed by atoms with Gasteiger partial charge in [-0.2, -0.15) is 41.3 Å². The van der Waals surface area contributed by atoms with Gasteiger partial charge < -0.3 is 16.2 Å². The molecule has 2 aromatic heterocycles. The molecule has 1 unspecified atom stereocenters. The van der Waals surface area contributed by atoms with Crippen LogP contribution in [-0.4, -0.2) is 31.6 Å². The fourth-order valence-corrected chi connectivity index (χ4v) is 2.80. The molecule has 1 atom stereocenters. The Labute approximate surface area is 165 Å². The van der Waals surface area contributed by atoms with E-state index >= 15 is 0 Å². The fraction of sp³-hybridized carbons (Fsp3) is 0.294. The van der Waals surface area contributed by atoms with Crippen molar-refractivity contribution in [1.29, 1.82) is 0 Å². The number of rotatable bonds is 4. The predicted molar refractivity (Wildman–Crippen MR) is 94.2 cm³/mol. The van der Waals surface area contributed by atoms with E-state index in [1.165, 1.54) is 6.92 Å². The summed E-state index contributed by atoms with van der Waals surface area (Å²) in [6.07, 6.45) is -11.6. The first-order chi connectivity index (χ1) is 13.9. The highest BCUT2D eigenvalue weighted by Crippen LogP contribution is 2.38. The van der Waals surface area contributed by atoms with E-state index in [-0.39, 0.29) is 28.7 Å². The predicted octanol–water partition coefficient (Wildman–Crippen LogP) is 3.49. The quantitative estimate of drug-likeness (QED) is 0.542. The Morgan fingerprint density at radius 2 is 1.73 bits per heavy atom. The Kier molecular flexibility index (Phi) is 5.41. The third-order valence-electron chi connectivity index (χ3n) is 4.04. The smallest absolute Gasteiger partial charge is 0.387 e. The molecule has 0 aliphatic heterocycles. The molecule has 4 N–H and O–H groups in total. The third-order valence-corrected chi connectivity index (χ3v) is 4.04. The zero-order chi connectivity index (χ0) is 22.3. The molecule has 160 valence electrons. The standard InChI is InChI=1S/C17H14F6N6O/c1-7-26-14(24)29-15(27-7)25-6-11(30)9-5-12(17(21,22)23)28-13-8(9)3-2-4-10(13)16(18,19)20/h2-5,11,30H,6H2,1H3,(H3,24,25,26,27,29). The molecule has 1 aromatic carbocycles. The number of aliphatic hydroxyl groups excluding tert-OH is 1. The topological polar surface area (TPSA) is 110 Å². The summed E-state index contributed by atoms with van der Waals surface area (Å²) < 4.78 is 79.6. The molecule has 2 heterocycles. The van der Waals surface area contributed by atoms with Gasteiger partial charge in [0, 0.05) is 11.9 Å². The third kappa shape index (κ3) is 4.50. The second kappa shape index (κ2) is 7.55. The minimum absolute atomic E-state index is 0.0514. The molecule has 0 saturated heterocycles. The highest BCUT2D eigenvalue weighted by atomic mass is 19.4. The van der Waals surface area contributed by atoms with Crippen LogP contribution in [-0.2, 0) is 12.4 Å². The Balaban J connectivity index is 2.07. The number of anilines is 2. The van der Waals surface area contributed by atoms with Crippen LogP contribution < -0.4 is 11.1 Å². The fourth-order valence-electron chi connectivity index (χ4n) is 2.80. The van der Waals surface area contributed by atoms with Crippen molar-refractivity contribution in [3.05, 3.63) is 46.9 Å². The monoisotopic (exact) mass is 432 g/mol. The van der Waals surface area contributed by atoms with Gasteiger partial charge in [0.2, 0.25) is 11.9 Å². The van der Waals surface area contributed by atoms with Crippen LogP contribution in [0.25, 0.3) is 10.9 Å². The maximum absolute atomic E-state index is 13.3. The molecule has 0 spiro atoms. The first kappa shape index (κ1) is 21.5. The average Bonchev–Trinajstić information content (AvgIpc) is 2.62. The van der Waals surface area contributed by atoms with E-state index in [1.54, 1.807) is 0 Å². The van der Waals surface area contributed by atoms with E-state index in [9.17, 15) is 31.4 Å². The normalized spacial score (nSPS) is 13.5. The van der Waals surface area contributed by atoms with Crippen molar-refractivity contribution in [2.24, 2.45) is 0 Å². The molecule has 3 aromatic rings. The van der Waals surface area contributed by atoms with Gasteiger partial charge in [-0.25, -0.2) is 4.98 Å². The molecular formula is C17H14F6N6O. The number of nitrogens with zero attached hydrogens (tertiary/aromatic N) is 4. The SMILES string of the molecule is Cc1nc(N)nc(NCC(O)c2cc(C(F)(F)F)nc3c(C(F)(F)F)cccc23)n1. The summed E-state index contributed by atoms with van der Waals surface area (Å²) in [5.41, 5.74) is 1.29. The van der Waals surface area contributed by atoms with Gasteiger partial charge in [0.05, 0.1) is 17.2 Å². The van der Waals surface area contributed by atoms with E-state index in [2.05, 4.69) is 25.3 Å². The summed E-state index contributed by atoms with van der Waals surface area (Å²) in [6, 6.07) is 3.32. The number of fused-ring (bicyclic) bond motifs is 1. The van der Waals surface area contributed by atoms with Gasteiger partial charge >= 0.3 is 12.4 Å². The van der Waals surface area contributed by atoms with Crippen LogP contribution in [0.3, 0.4) is 0 Å². The van der Waals surface area contributed by atoms with E-state index in [4.69, 9.17) is 5.73 Å². The van der Waals surface area contributed by atoms with Gasteiger partial charge in [-0.05, 0) is 24.6 Å². The maximum Gasteiger partial charge on any atom is 0.433 e. The second-order valence-electron chi connectivity index (χ2n) is 6.26. The molecule has 0 bridgehead atoms. The van der Waals surface area contributed by atoms with Crippen LogP contribution >= 0.6 is 0 Å². The largest absolute Gasteiger partial charge is 0.433 e. The zero-order valence-electron chi connectivity index (χ0n) is 15.2. The Morgan fingerprint density at radius 1 is 1.03 bits per heavy atom. The lowest BCUT2D eigenvalue weighted by molar-refractivity contribution is -0.142. The number of aliphatic hydroxyl groups is 1. The summed E-state index contributed by atoms with van der Waals surface area (Å²) >= 11 is 0. The first-order valence-corrected chi connectivity index (χ1v) is 8.34. The molecule has 0 amide bonds. The number of nitrogens with two attached hydrogens (primary N) is 1. The van der Waals surface area contributed by atoms with E-state index in [0.29, 0.717) is 12.1 Å². The molecule has 0 saturated carbocycles. The van der Waals surface area contributed by atoms with Gasteiger partial charge in [0.25, 0.3) is 0 Å². The molecule has 0 radical (unpaired) electrons. The molecule has 13 heteroatoms. The number of pyridine rings is 1. The molecule has 0 aliphatic rings. The number of alkyl halides is 6. The summed E-state index contributed by atoms with van der Waals surface area (Å²) in [5, 5.41) is 12.8.